The number of carbonyl (C=O) groups is 3. The van der Waals surface area contributed by atoms with E-state index in [1.54, 1.807) is 0 Å². The highest BCUT2D eigenvalue weighted by Gasteiger charge is 2.24. The molecule has 7 nitrogen and oxygen atoms in total. The van der Waals surface area contributed by atoms with E-state index in [2.05, 4.69) is 0 Å². The molecule has 0 aromatic heterocycles. The molecule has 2 aliphatic heterocycles. The Labute approximate surface area is 123 Å². The molecule has 2 fully saturated rings. The summed E-state index contributed by atoms with van der Waals surface area (Å²) in [5, 5.41) is 7.42. The molecule has 2 unspecified atom stereocenters. The average Bonchev–Trinajstić information content (AvgIpc) is 3.01. The molecule has 2 heterocycles. The molecular weight excluding hydrogens is 280 g/mol. The topological polar surface area (TPSA) is 99.1 Å². The normalized spacial score (nSPS) is 24.0. The van der Waals surface area contributed by atoms with Crippen molar-refractivity contribution in [3.05, 3.63) is 0 Å². The number of esters is 2. The van der Waals surface area contributed by atoms with Crippen LogP contribution in [-0.2, 0) is 28.6 Å². The second-order valence-corrected chi connectivity index (χ2v) is 5.04. The first-order valence-electron chi connectivity index (χ1n) is 7.13. The molecule has 7 heteroatoms. The van der Waals surface area contributed by atoms with Gasteiger partial charge in [-0.15, -0.1) is 0 Å². The fourth-order valence-electron chi connectivity index (χ4n) is 2.19. The van der Waals surface area contributed by atoms with Gasteiger partial charge in [0.15, 0.2) is 0 Å². The van der Waals surface area contributed by atoms with Crippen molar-refractivity contribution in [2.75, 3.05) is 13.2 Å². The lowest BCUT2D eigenvalue weighted by molar-refractivity contribution is -0.162. The van der Waals surface area contributed by atoms with Crippen LogP contribution >= 0.6 is 0 Å². The second kappa shape index (κ2) is 9.46. The second-order valence-electron chi connectivity index (χ2n) is 5.04. The largest absolute Gasteiger partial charge is 0.481 e. The van der Waals surface area contributed by atoms with Crippen molar-refractivity contribution < 1.29 is 33.7 Å². The Morgan fingerprint density at radius 3 is 1.67 bits per heavy atom. The molecule has 0 aromatic carbocycles. The smallest absolute Gasteiger partial charge is 0.316 e. The third kappa shape index (κ3) is 8.41. The van der Waals surface area contributed by atoms with Crippen molar-refractivity contribution in [1.29, 1.82) is 0 Å². The maximum atomic E-state index is 11.4. The molecule has 2 atom stereocenters. The standard InChI is InChI=1S/C12H18O5.C2H4O2/c13-11(7-9-3-1-5-15-9)17-12(14)8-10-4-2-6-16-10;1-2(3)4/h9-10H,1-8H2;1H3,(H,3,4). The van der Waals surface area contributed by atoms with Gasteiger partial charge < -0.3 is 19.3 Å². The van der Waals surface area contributed by atoms with E-state index in [9.17, 15) is 9.59 Å². The number of hydrogen-bond donors (Lipinski definition) is 1. The first kappa shape index (κ1) is 17.6. The van der Waals surface area contributed by atoms with Crippen LogP contribution in [0.5, 0.6) is 0 Å². The summed E-state index contributed by atoms with van der Waals surface area (Å²) in [4.78, 5) is 31.8. The van der Waals surface area contributed by atoms with Crippen LogP contribution in [0.3, 0.4) is 0 Å². The number of carboxylic acids is 1. The highest BCUT2D eigenvalue weighted by Crippen LogP contribution is 2.18. The summed E-state index contributed by atoms with van der Waals surface area (Å²) in [5.74, 6) is -1.81. The van der Waals surface area contributed by atoms with Gasteiger partial charge in [-0.3, -0.25) is 14.4 Å². The molecule has 21 heavy (non-hydrogen) atoms. The molecule has 120 valence electrons. The van der Waals surface area contributed by atoms with Crippen LogP contribution in [0.1, 0.15) is 45.4 Å². The molecule has 0 aromatic rings. The molecule has 2 saturated heterocycles. The molecule has 0 radical (unpaired) electrons. The molecule has 0 amide bonds. The van der Waals surface area contributed by atoms with Crippen molar-refractivity contribution in [1.82, 2.24) is 0 Å². The van der Waals surface area contributed by atoms with Crippen LogP contribution in [0.25, 0.3) is 0 Å². The minimum Gasteiger partial charge on any atom is -0.481 e. The van der Waals surface area contributed by atoms with Gasteiger partial charge in [-0.05, 0) is 25.7 Å². The van der Waals surface area contributed by atoms with Crippen molar-refractivity contribution in [3.8, 4) is 0 Å². The summed E-state index contributed by atoms with van der Waals surface area (Å²) >= 11 is 0. The summed E-state index contributed by atoms with van der Waals surface area (Å²) in [6.07, 6.45) is 3.90. The van der Waals surface area contributed by atoms with Gasteiger partial charge in [0.25, 0.3) is 5.97 Å². The first-order valence-corrected chi connectivity index (χ1v) is 7.13. The summed E-state index contributed by atoms with van der Waals surface area (Å²) in [5.41, 5.74) is 0. The summed E-state index contributed by atoms with van der Waals surface area (Å²) in [6, 6.07) is 0. The Kier molecular flexibility index (Phi) is 7.92. The van der Waals surface area contributed by atoms with Crippen LogP contribution in [0.2, 0.25) is 0 Å². The fourth-order valence-corrected chi connectivity index (χ4v) is 2.19. The van der Waals surface area contributed by atoms with Crippen molar-refractivity contribution >= 4 is 17.9 Å². The number of carbonyl (C=O) groups excluding carboxylic acids is 2. The van der Waals surface area contributed by atoms with Gasteiger partial charge in [0.2, 0.25) is 0 Å². The monoisotopic (exact) mass is 302 g/mol. The van der Waals surface area contributed by atoms with Crippen LogP contribution in [-0.4, -0.2) is 48.4 Å². The highest BCUT2D eigenvalue weighted by atomic mass is 16.6. The molecule has 0 spiro atoms. The van der Waals surface area contributed by atoms with E-state index in [0.717, 1.165) is 32.6 Å². The number of aliphatic carboxylic acids is 1. The Morgan fingerprint density at radius 1 is 1.00 bits per heavy atom. The predicted octanol–water partition coefficient (Wildman–Crippen LogP) is 1.29. The molecule has 2 rings (SSSR count). The van der Waals surface area contributed by atoms with E-state index in [1.165, 1.54) is 0 Å². The van der Waals surface area contributed by atoms with Gasteiger partial charge in [0, 0.05) is 20.1 Å². The lowest BCUT2D eigenvalue weighted by Crippen LogP contribution is -2.21. The highest BCUT2D eigenvalue weighted by molar-refractivity contribution is 5.85. The minimum absolute atomic E-state index is 0.0713. The number of ether oxygens (including phenoxy) is 3. The van der Waals surface area contributed by atoms with E-state index in [1.807, 2.05) is 0 Å². The van der Waals surface area contributed by atoms with E-state index in [0.29, 0.717) is 13.2 Å². The van der Waals surface area contributed by atoms with Gasteiger partial charge in [-0.1, -0.05) is 0 Å². The summed E-state index contributed by atoms with van der Waals surface area (Å²) in [7, 11) is 0. The maximum Gasteiger partial charge on any atom is 0.316 e. The lowest BCUT2D eigenvalue weighted by Gasteiger charge is -2.10. The zero-order valence-electron chi connectivity index (χ0n) is 12.2. The molecular formula is C14H22O7. The van der Waals surface area contributed by atoms with E-state index in [4.69, 9.17) is 24.1 Å². The third-order valence-electron chi connectivity index (χ3n) is 3.06. The Hall–Kier alpha value is -1.47. The van der Waals surface area contributed by atoms with Gasteiger partial charge in [-0.25, -0.2) is 0 Å². The van der Waals surface area contributed by atoms with Crippen LogP contribution in [0, 0.1) is 0 Å². The number of carboxylic acid groups (broad SMARTS) is 1. The molecule has 0 bridgehead atoms. The summed E-state index contributed by atoms with van der Waals surface area (Å²) in [6.45, 7) is 2.48. The van der Waals surface area contributed by atoms with Crippen molar-refractivity contribution in [2.45, 2.75) is 57.7 Å². The van der Waals surface area contributed by atoms with Crippen LogP contribution in [0.4, 0.5) is 0 Å². The number of hydrogen-bond acceptors (Lipinski definition) is 6. The zero-order valence-corrected chi connectivity index (χ0v) is 12.2. The van der Waals surface area contributed by atoms with E-state index < -0.39 is 17.9 Å². The number of rotatable bonds is 4. The fraction of sp³-hybridized carbons (Fsp3) is 0.786. The minimum atomic E-state index is -0.833. The molecule has 1 N–H and O–H groups in total. The molecule has 0 saturated carbocycles. The van der Waals surface area contributed by atoms with Gasteiger partial charge in [0.1, 0.15) is 0 Å². The van der Waals surface area contributed by atoms with Crippen LogP contribution in [0.15, 0.2) is 0 Å². The lowest BCUT2D eigenvalue weighted by atomic mass is 10.2. The van der Waals surface area contributed by atoms with Gasteiger partial charge in [0.05, 0.1) is 25.0 Å². The van der Waals surface area contributed by atoms with Crippen molar-refractivity contribution in [3.63, 3.8) is 0 Å². The quantitative estimate of drug-likeness (QED) is 0.617. The SMILES string of the molecule is CC(=O)O.O=C(CC1CCCO1)OC(=O)CC1CCCO1. The molecule has 0 aliphatic carbocycles. The van der Waals surface area contributed by atoms with E-state index in [-0.39, 0.29) is 25.0 Å². The predicted molar refractivity (Wildman–Crippen MR) is 71.6 cm³/mol. The first-order chi connectivity index (χ1) is 9.97. The van der Waals surface area contributed by atoms with Crippen molar-refractivity contribution in [2.24, 2.45) is 0 Å². The summed E-state index contributed by atoms with van der Waals surface area (Å²) < 4.78 is 15.3. The van der Waals surface area contributed by atoms with Gasteiger partial charge in [-0.2, -0.15) is 0 Å². The molecule has 2 aliphatic rings. The average molecular weight is 302 g/mol. The van der Waals surface area contributed by atoms with Gasteiger partial charge >= 0.3 is 11.9 Å². The Balaban J connectivity index is 0.000000491. The maximum absolute atomic E-state index is 11.4. The van der Waals surface area contributed by atoms with E-state index >= 15 is 0 Å². The zero-order chi connectivity index (χ0) is 15.7. The Bertz CT molecular complexity index is 322. The van der Waals surface area contributed by atoms with Crippen LogP contribution < -0.4 is 0 Å². The Morgan fingerprint density at radius 2 is 1.38 bits per heavy atom. The third-order valence-corrected chi connectivity index (χ3v) is 3.06.